The number of pyridine rings is 1. The van der Waals surface area contributed by atoms with E-state index in [0.717, 1.165) is 46.5 Å². The predicted octanol–water partition coefficient (Wildman–Crippen LogP) is 5.27. The molecule has 0 saturated carbocycles. The smallest absolute Gasteiger partial charge is 0.222 e. The Morgan fingerprint density at radius 1 is 1.12 bits per heavy atom. The van der Waals surface area contributed by atoms with Gasteiger partial charge in [0, 0.05) is 48.8 Å². The third kappa shape index (κ3) is 5.90. The second-order valence-electron chi connectivity index (χ2n) is 7.92. The number of methoxy groups -OCH3 is 2. The molecule has 6 nitrogen and oxygen atoms in total. The third-order valence-electron chi connectivity index (χ3n) is 5.59. The van der Waals surface area contributed by atoms with Crippen LogP contribution >= 0.6 is 0 Å². The first-order valence-corrected chi connectivity index (χ1v) is 11.1. The van der Waals surface area contributed by atoms with E-state index in [1.165, 1.54) is 0 Å². The molecule has 170 valence electrons. The quantitative estimate of drug-likeness (QED) is 0.444. The number of carbonyl (C=O) groups is 1. The normalized spacial score (nSPS) is 11.8. The fourth-order valence-electron chi connectivity index (χ4n) is 3.87. The summed E-state index contributed by atoms with van der Waals surface area (Å²) in [4.78, 5) is 19.0. The Balaban J connectivity index is 1.63. The molecule has 2 aromatic carbocycles. The van der Waals surface area contributed by atoms with Gasteiger partial charge in [-0.25, -0.2) is 0 Å². The van der Waals surface area contributed by atoms with Crippen molar-refractivity contribution in [3.8, 4) is 11.5 Å². The van der Waals surface area contributed by atoms with Gasteiger partial charge in [-0.1, -0.05) is 31.2 Å². The lowest BCUT2D eigenvalue weighted by Crippen LogP contribution is -2.31. The zero-order valence-electron chi connectivity index (χ0n) is 19.4. The molecule has 0 saturated heterocycles. The van der Waals surface area contributed by atoms with Crippen LogP contribution in [0.15, 0.2) is 54.7 Å². The minimum absolute atomic E-state index is 0.152. The molecular weight excluding hydrogens is 402 g/mol. The average molecular weight is 436 g/mol. The monoisotopic (exact) mass is 435 g/mol. The Kier molecular flexibility index (Phi) is 8.31. The van der Waals surface area contributed by atoms with E-state index in [9.17, 15) is 4.79 Å². The van der Waals surface area contributed by atoms with E-state index < -0.39 is 0 Å². The SMILES string of the molecule is CCC(=O)N(CCCC(C)Nc1cc(OC)cc2cccnc12)Cc1ccccc1OC. The van der Waals surface area contributed by atoms with E-state index in [0.29, 0.717) is 19.5 Å². The lowest BCUT2D eigenvalue weighted by molar-refractivity contribution is -0.131. The van der Waals surface area contributed by atoms with Gasteiger partial charge in [0.25, 0.3) is 0 Å². The number of ether oxygens (including phenoxy) is 2. The van der Waals surface area contributed by atoms with Crippen LogP contribution in [0.3, 0.4) is 0 Å². The lowest BCUT2D eigenvalue weighted by Gasteiger charge is -2.24. The number of para-hydroxylation sites is 1. The van der Waals surface area contributed by atoms with Gasteiger partial charge in [-0.2, -0.15) is 0 Å². The summed E-state index contributed by atoms with van der Waals surface area (Å²) < 4.78 is 10.9. The van der Waals surface area contributed by atoms with Crippen molar-refractivity contribution < 1.29 is 14.3 Å². The zero-order chi connectivity index (χ0) is 22.9. The van der Waals surface area contributed by atoms with E-state index in [1.54, 1.807) is 20.4 Å². The van der Waals surface area contributed by atoms with Crippen molar-refractivity contribution in [2.45, 2.75) is 45.7 Å². The average Bonchev–Trinajstić information content (AvgIpc) is 2.83. The van der Waals surface area contributed by atoms with E-state index in [1.807, 2.05) is 60.4 Å². The van der Waals surface area contributed by atoms with Crippen LogP contribution in [0.5, 0.6) is 11.5 Å². The van der Waals surface area contributed by atoms with Crippen LogP contribution in [0.2, 0.25) is 0 Å². The van der Waals surface area contributed by atoms with E-state index in [2.05, 4.69) is 17.2 Å². The number of nitrogens with zero attached hydrogens (tertiary/aromatic N) is 2. The number of benzene rings is 2. The van der Waals surface area contributed by atoms with Gasteiger partial charge in [-0.05, 0) is 38.0 Å². The largest absolute Gasteiger partial charge is 0.497 e. The minimum Gasteiger partial charge on any atom is -0.497 e. The van der Waals surface area contributed by atoms with Gasteiger partial charge in [-0.15, -0.1) is 0 Å². The zero-order valence-corrected chi connectivity index (χ0v) is 19.4. The summed E-state index contributed by atoms with van der Waals surface area (Å²) in [5.41, 5.74) is 2.92. The minimum atomic E-state index is 0.152. The standard InChI is InChI=1S/C26H33N3O3/c1-5-25(30)29(18-21-11-6-7-13-24(21)32-4)15-9-10-19(2)28-23-17-22(31-3)16-20-12-8-14-27-26(20)23/h6-8,11-14,16-17,19,28H,5,9-10,15,18H2,1-4H3. The fourth-order valence-corrected chi connectivity index (χ4v) is 3.87. The molecule has 1 amide bonds. The number of nitrogens with one attached hydrogen (secondary N) is 1. The predicted molar refractivity (Wildman–Crippen MR) is 129 cm³/mol. The van der Waals surface area contributed by atoms with Gasteiger partial charge in [-0.3, -0.25) is 9.78 Å². The molecule has 0 radical (unpaired) electrons. The molecular formula is C26H33N3O3. The molecule has 0 aliphatic heterocycles. The van der Waals surface area contributed by atoms with Gasteiger partial charge < -0.3 is 19.7 Å². The first kappa shape index (κ1) is 23.4. The van der Waals surface area contributed by atoms with Crippen molar-refractivity contribution in [3.05, 3.63) is 60.3 Å². The number of aromatic nitrogens is 1. The highest BCUT2D eigenvalue weighted by atomic mass is 16.5. The highest BCUT2D eigenvalue weighted by Gasteiger charge is 2.15. The summed E-state index contributed by atoms with van der Waals surface area (Å²) in [6.07, 6.45) is 4.11. The van der Waals surface area contributed by atoms with Crippen LogP contribution in [-0.4, -0.2) is 42.6 Å². The summed E-state index contributed by atoms with van der Waals surface area (Å²) in [7, 11) is 3.33. The first-order valence-electron chi connectivity index (χ1n) is 11.1. The Bertz CT molecular complexity index is 1040. The molecule has 1 heterocycles. The number of anilines is 1. The molecule has 0 bridgehead atoms. The van der Waals surface area contributed by atoms with Crippen molar-refractivity contribution in [1.29, 1.82) is 0 Å². The number of fused-ring (bicyclic) bond motifs is 1. The van der Waals surface area contributed by atoms with Crippen molar-refractivity contribution >= 4 is 22.5 Å². The van der Waals surface area contributed by atoms with Crippen LogP contribution in [0, 0.1) is 0 Å². The Hall–Kier alpha value is -3.28. The second-order valence-corrected chi connectivity index (χ2v) is 7.92. The summed E-state index contributed by atoms with van der Waals surface area (Å²) >= 11 is 0. The van der Waals surface area contributed by atoms with Crippen molar-refractivity contribution in [3.63, 3.8) is 0 Å². The van der Waals surface area contributed by atoms with Crippen LogP contribution < -0.4 is 14.8 Å². The number of hydrogen-bond acceptors (Lipinski definition) is 5. The van der Waals surface area contributed by atoms with Gasteiger partial charge in [0.05, 0.1) is 25.4 Å². The van der Waals surface area contributed by atoms with Crippen LogP contribution in [0.25, 0.3) is 10.9 Å². The molecule has 1 aromatic heterocycles. The Labute approximate surface area is 190 Å². The molecule has 3 aromatic rings. The highest BCUT2D eigenvalue weighted by molar-refractivity contribution is 5.91. The topological polar surface area (TPSA) is 63.7 Å². The first-order chi connectivity index (χ1) is 15.5. The van der Waals surface area contributed by atoms with Crippen LogP contribution in [0.4, 0.5) is 5.69 Å². The molecule has 32 heavy (non-hydrogen) atoms. The van der Waals surface area contributed by atoms with E-state index in [4.69, 9.17) is 9.47 Å². The maximum absolute atomic E-state index is 12.5. The van der Waals surface area contributed by atoms with Gasteiger partial charge in [0.2, 0.25) is 5.91 Å². The molecule has 1 N–H and O–H groups in total. The molecule has 3 rings (SSSR count). The molecule has 6 heteroatoms. The number of carbonyl (C=O) groups excluding carboxylic acids is 1. The fraction of sp³-hybridized carbons (Fsp3) is 0.385. The number of rotatable bonds is 11. The summed E-state index contributed by atoms with van der Waals surface area (Å²) in [5, 5.41) is 4.62. The summed E-state index contributed by atoms with van der Waals surface area (Å²) in [5.74, 6) is 1.77. The molecule has 0 aliphatic carbocycles. The molecule has 0 spiro atoms. The van der Waals surface area contributed by atoms with E-state index >= 15 is 0 Å². The highest BCUT2D eigenvalue weighted by Crippen LogP contribution is 2.28. The molecule has 0 fully saturated rings. The number of amides is 1. The molecule has 1 atom stereocenters. The lowest BCUT2D eigenvalue weighted by atomic mass is 10.1. The Morgan fingerprint density at radius 3 is 2.69 bits per heavy atom. The van der Waals surface area contributed by atoms with Crippen molar-refractivity contribution in [2.75, 3.05) is 26.1 Å². The van der Waals surface area contributed by atoms with Gasteiger partial charge >= 0.3 is 0 Å². The third-order valence-corrected chi connectivity index (χ3v) is 5.59. The maximum Gasteiger partial charge on any atom is 0.222 e. The Morgan fingerprint density at radius 2 is 1.94 bits per heavy atom. The van der Waals surface area contributed by atoms with Crippen molar-refractivity contribution in [1.82, 2.24) is 9.88 Å². The maximum atomic E-state index is 12.5. The molecule has 1 unspecified atom stereocenters. The van der Waals surface area contributed by atoms with Crippen LogP contribution in [0.1, 0.15) is 38.7 Å². The van der Waals surface area contributed by atoms with Gasteiger partial charge in [0.15, 0.2) is 0 Å². The van der Waals surface area contributed by atoms with Gasteiger partial charge in [0.1, 0.15) is 11.5 Å². The number of hydrogen-bond donors (Lipinski definition) is 1. The molecule has 0 aliphatic rings. The van der Waals surface area contributed by atoms with Crippen molar-refractivity contribution in [2.24, 2.45) is 0 Å². The van der Waals surface area contributed by atoms with E-state index in [-0.39, 0.29) is 11.9 Å². The van der Waals surface area contributed by atoms with Crippen LogP contribution in [-0.2, 0) is 11.3 Å². The summed E-state index contributed by atoms with van der Waals surface area (Å²) in [6, 6.07) is 16.0. The second kappa shape index (κ2) is 11.4. The summed E-state index contributed by atoms with van der Waals surface area (Å²) in [6.45, 7) is 5.32.